The van der Waals surface area contributed by atoms with Crippen molar-refractivity contribution < 1.29 is 9.53 Å². The highest BCUT2D eigenvalue weighted by atomic mass is 35.5. The van der Waals surface area contributed by atoms with Crippen LogP contribution < -0.4 is 15.6 Å². The fraction of sp³-hybridized carbons (Fsp3) is 0.167. The number of carbonyl (C=O) groups is 1. The molecular weight excluding hydrogens is 442 g/mol. The molecule has 8 nitrogen and oxygen atoms in total. The molecule has 2 aromatic heterocycles. The Hall–Kier alpha value is -3.91. The normalized spacial score (nSPS) is 11.4. The second kappa shape index (κ2) is 9.70. The summed E-state index contributed by atoms with van der Waals surface area (Å²) in [5, 5.41) is 3.22. The Morgan fingerprint density at radius 3 is 2.73 bits per heavy atom. The van der Waals surface area contributed by atoms with E-state index in [1.165, 1.54) is 16.7 Å². The van der Waals surface area contributed by atoms with E-state index in [0.717, 1.165) is 5.56 Å². The van der Waals surface area contributed by atoms with Gasteiger partial charge in [-0.1, -0.05) is 41.9 Å². The highest BCUT2D eigenvalue weighted by Gasteiger charge is 2.12. The largest absolute Gasteiger partial charge is 0.485 e. The zero-order chi connectivity index (χ0) is 23.4. The van der Waals surface area contributed by atoms with E-state index in [9.17, 15) is 9.59 Å². The number of benzene rings is 2. The number of amides is 1. The predicted molar refractivity (Wildman–Crippen MR) is 128 cm³/mol. The molecule has 0 atom stereocenters. The summed E-state index contributed by atoms with van der Waals surface area (Å²) in [5.41, 5.74) is 1.49. The lowest BCUT2D eigenvalue weighted by Crippen LogP contribution is -2.23. The summed E-state index contributed by atoms with van der Waals surface area (Å²) >= 11 is 6.11. The van der Waals surface area contributed by atoms with Crippen LogP contribution in [0.25, 0.3) is 11.9 Å². The third-order valence-electron chi connectivity index (χ3n) is 4.79. The SMILES string of the molecule is CC(C)n1cnc2nc(COc3ccc(Cl)cc3NC(=O)/C=C/c3ccccc3)cc(=O)n21. The maximum atomic E-state index is 12.6. The minimum Gasteiger partial charge on any atom is -0.485 e. The van der Waals surface area contributed by atoms with Gasteiger partial charge in [-0.15, -0.1) is 0 Å². The van der Waals surface area contributed by atoms with Crippen molar-refractivity contribution >= 4 is 35.0 Å². The van der Waals surface area contributed by atoms with Crippen LogP contribution in [0.4, 0.5) is 5.69 Å². The number of anilines is 1. The van der Waals surface area contributed by atoms with Gasteiger partial charge in [0.25, 0.3) is 11.3 Å². The van der Waals surface area contributed by atoms with Gasteiger partial charge in [-0.25, -0.2) is 4.98 Å². The van der Waals surface area contributed by atoms with Crippen LogP contribution in [0.15, 0.2) is 71.8 Å². The van der Waals surface area contributed by atoms with Crippen molar-refractivity contribution in [3.63, 3.8) is 0 Å². The summed E-state index contributed by atoms with van der Waals surface area (Å²) in [7, 11) is 0. The maximum absolute atomic E-state index is 12.6. The lowest BCUT2D eigenvalue weighted by Gasteiger charge is -2.12. The number of nitrogens with one attached hydrogen (secondary N) is 1. The number of halogens is 1. The zero-order valence-corrected chi connectivity index (χ0v) is 18.9. The van der Waals surface area contributed by atoms with E-state index in [2.05, 4.69) is 15.3 Å². The first-order valence-electron chi connectivity index (χ1n) is 10.3. The Morgan fingerprint density at radius 2 is 1.97 bits per heavy atom. The Labute approximate surface area is 195 Å². The van der Waals surface area contributed by atoms with Gasteiger partial charge in [0.15, 0.2) is 0 Å². The second-order valence-electron chi connectivity index (χ2n) is 7.58. The van der Waals surface area contributed by atoms with Gasteiger partial charge in [0.1, 0.15) is 18.7 Å². The topological polar surface area (TPSA) is 90.5 Å². The molecule has 4 rings (SSSR count). The third kappa shape index (κ3) is 5.30. The molecule has 0 aliphatic rings. The fourth-order valence-electron chi connectivity index (χ4n) is 3.20. The van der Waals surface area contributed by atoms with Gasteiger partial charge in [0, 0.05) is 23.2 Å². The van der Waals surface area contributed by atoms with E-state index >= 15 is 0 Å². The molecule has 9 heteroatoms. The molecule has 0 aliphatic heterocycles. The summed E-state index contributed by atoms with van der Waals surface area (Å²) in [6.45, 7) is 3.93. The molecule has 0 aliphatic carbocycles. The van der Waals surface area contributed by atoms with Gasteiger partial charge in [0.2, 0.25) is 5.91 Å². The first-order valence-corrected chi connectivity index (χ1v) is 10.7. The number of hydrogen-bond donors (Lipinski definition) is 1. The molecule has 168 valence electrons. The number of nitrogens with zero attached hydrogens (tertiary/aromatic N) is 4. The van der Waals surface area contributed by atoms with E-state index in [1.54, 1.807) is 35.3 Å². The van der Waals surface area contributed by atoms with Crippen molar-refractivity contribution in [2.45, 2.75) is 26.5 Å². The van der Waals surface area contributed by atoms with Gasteiger partial charge in [-0.3, -0.25) is 14.3 Å². The summed E-state index contributed by atoms with van der Waals surface area (Å²) in [4.78, 5) is 33.6. The van der Waals surface area contributed by atoms with E-state index in [1.807, 2.05) is 44.2 Å². The molecule has 1 amide bonds. The first kappa shape index (κ1) is 22.3. The van der Waals surface area contributed by atoms with E-state index < -0.39 is 0 Å². The number of hydrogen-bond acceptors (Lipinski definition) is 5. The number of carbonyl (C=O) groups excluding carboxylic acids is 1. The first-order chi connectivity index (χ1) is 15.9. The van der Waals surface area contributed by atoms with Gasteiger partial charge >= 0.3 is 0 Å². The van der Waals surface area contributed by atoms with Crippen molar-refractivity contribution in [3.05, 3.63) is 93.6 Å². The zero-order valence-electron chi connectivity index (χ0n) is 18.1. The van der Waals surface area contributed by atoms with Gasteiger partial charge in [-0.2, -0.15) is 9.50 Å². The number of rotatable bonds is 7. The van der Waals surface area contributed by atoms with Crippen LogP contribution >= 0.6 is 11.6 Å². The van der Waals surface area contributed by atoms with Crippen molar-refractivity contribution in [1.82, 2.24) is 19.2 Å². The number of fused-ring (bicyclic) bond motifs is 1. The van der Waals surface area contributed by atoms with Crippen molar-refractivity contribution in [3.8, 4) is 5.75 Å². The summed E-state index contributed by atoms with van der Waals surface area (Å²) in [5.74, 6) is 0.365. The number of ether oxygens (including phenoxy) is 1. The summed E-state index contributed by atoms with van der Waals surface area (Å²) in [6.07, 6.45) is 4.72. The van der Waals surface area contributed by atoms with Crippen LogP contribution in [0.1, 0.15) is 31.1 Å². The molecule has 1 N–H and O–H groups in total. The van der Waals surface area contributed by atoms with Crippen molar-refractivity contribution in [2.75, 3.05) is 5.32 Å². The molecule has 0 spiro atoms. The van der Waals surface area contributed by atoms with E-state index in [0.29, 0.717) is 27.9 Å². The monoisotopic (exact) mass is 463 g/mol. The van der Waals surface area contributed by atoms with Crippen molar-refractivity contribution in [1.29, 1.82) is 0 Å². The van der Waals surface area contributed by atoms with Gasteiger partial charge < -0.3 is 10.1 Å². The second-order valence-corrected chi connectivity index (χ2v) is 8.01. The average Bonchev–Trinajstić information content (AvgIpc) is 3.23. The quantitative estimate of drug-likeness (QED) is 0.411. The van der Waals surface area contributed by atoms with E-state index in [-0.39, 0.29) is 24.1 Å². The Morgan fingerprint density at radius 1 is 1.18 bits per heavy atom. The fourth-order valence-corrected chi connectivity index (χ4v) is 3.37. The highest BCUT2D eigenvalue weighted by Crippen LogP contribution is 2.28. The molecule has 33 heavy (non-hydrogen) atoms. The highest BCUT2D eigenvalue weighted by molar-refractivity contribution is 6.31. The maximum Gasteiger partial charge on any atom is 0.274 e. The molecule has 2 aromatic carbocycles. The minimum atomic E-state index is -0.331. The summed E-state index contributed by atoms with van der Waals surface area (Å²) in [6, 6.07) is 15.9. The lowest BCUT2D eigenvalue weighted by molar-refractivity contribution is -0.111. The minimum absolute atomic E-state index is 0.0185. The standard InChI is InChI=1S/C24H22ClN5O3/c1-16(2)29-15-26-24-27-19(13-23(32)30(24)29)14-33-21-10-9-18(25)12-20(21)28-22(31)11-8-17-6-4-3-5-7-17/h3-13,15-16H,14H2,1-2H3,(H,28,31)/b11-8+. The van der Waals surface area contributed by atoms with Crippen LogP contribution in [0.2, 0.25) is 5.02 Å². The Kier molecular flexibility index (Phi) is 6.55. The predicted octanol–water partition coefficient (Wildman–Crippen LogP) is 4.36. The molecular formula is C24H22ClN5O3. The van der Waals surface area contributed by atoms with Crippen molar-refractivity contribution in [2.24, 2.45) is 0 Å². The number of aromatic nitrogens is 4. The third-order valence-corrected chi connectivity index (χ3v) is 5.02. The molecule has 0 saturated heterocycles. The van der Waals surface area contributed by atoms with Gasteiger partial charge in [0.05, 0.1) is 11.4 Å². The smallest absolute Gasteiger partial charge is 0.274 e. The lowest BCUT2D eigenvalue weighted by atomic mass is 10.2. The van der Waals surface area contributed by atoms with Crippen LogP contribution in [-0.4, -0.2) is 25.1 Å². The average molecular weight is 464 g/mol. The molecule has 0 radical (unpaired) electrons. The molecule has 0 bridgehead atoms. The Bertz CT molecular complexity index is 1380. The van der Waals surface area contributed by atoms with Crippen LogP contribution in [0.3, 0.4) is 0 Å². The molecule has 4 aromatic rings. The molecule has 2 heterocycles. The summed E-state index contributed by atoms with van der Waals surface area (Å²) < 4.78 is 8.99. The molecule has 0 fully saturated rings. The van der Waals surface area contributed by atoms with Gasteiger partial charge in [-0.05, 0) is 43.7 Å². The van der Waals surface area contributed by atoms with Crippen LogP contribution in [-0.2, 0) is 11.4 Å². The molecule has 0 unspecified atom stereocenters. The van der Waals surface area contributed by atoms with Crippen LogP contribution in [0.5, 0.6) is 5.75 Å². The van der Waals surface area contributed by atoms with E-state index in [4.69, 9.17) is 16.3 Å². The molecule has 0 saturated carbocycles. The Balaban J connectivity index is 1.50. The van der Waals surface area contributed by atoms with Crippen LogP contribution in [0, 0.1) is 0 Å².